The number of benzene rings is 1. The van der Waals surface area contributed by atoms with Gasteiger partial charge in [0.15, 0.2) is 0 Å². The highest BCUT2D eigenvalue weighted by atomic mass is 16.5. The summed E-state index contributed by atoms with van der Waals surface area (Å²) in [5.74, 6) is 1.70. The van der Waals surface area contributed by atoms with Crippen LogP contribution in [-0.4, -0.2) is 54.4 Å². The number of imide groups is 1. The third kappa shape index (κ3) is 4.27. The van der Waals surface area contributed by atoms with Crippen molar-refractivity contribution >= 4 is 11.8 Å². The quantitative estimate of drug-likeness (QED) is 0.499. The average Bonchev–Trinajstić information content (AvgIpc) is 3.11. The lowest BCUT2D eigenvalue weighted by molar-refractivity contribution is -0.152. The Hall–Kier alpha value is -1.88. The molecule has 0 N–H and O–H groups in total. The van der Waals surface area contributed by atoms with Gasteiger partial charge in [0.1, 0.15) is 5.75 Å². The summed E-state index contributed by atoms with van der Waals surface area (Å²) in [5.41, 5.74) is 2.74. The first-order chi connectivity index (χ1) is 14.4. The molecule has 1 aliphatic carbocycles. The number of carbonyl (C=O) groups is 2. The molecule has 2 atom stereocenters. The van der Waals surface area contributed by atoms with Crippen molar-refractivity contribution in [2.24, 2.45) is 5.41 Å². The molecule has 2 heterocycles. The Bertz CT molecular complexity index is 784. The molecule has 2 fully saturated rings. The van der Waals surface area contributed by atoms with Crippen LogP contribution in [0, 0.1) is 5.41 Å². The molecule has 3 aliphatic rings. The number of rotatable bonds is 7. The van der Waals surface area contributed by atoms with Crippen LogP contribution in [0.4, 0.5) is 0 Å². The molecule has 0 aromatic heterocycles. The smallest absolute Gasteiger partial charge is 0.229 e. The maximum atomic E-state index is 12.3. The van der Waals surface area contributed by atoms with Crippen LogP contribution in [0.15, 0.2) is 18.2 Å². The van der Waals surface area contributed by atoms with Gasteiger partial charge >= 0.3 is 0 Å². The minimum absolute atomic E-state index is 0.00920. The SMILES string of the molecule is COc1cccc2c1CCC1C2CCN1CCCCCN1C(=O)CC(C)(C)CC1=O. The van der Waals surface area contributed by atoms with Gasteiger partial charge in [-0.05, 0) is 67.8 Å². The van der Waals surface area contributed by atoms with E-state index in [1.807, 2.05) is 13.8 Å². The molecule has 2 saturated heterocycles. The van der Waals surface area contributed by atoms with Crippen molar-refractivity contribution in [1.82, 2.24) is 9.80 Å². The van der Waals surface area contributed by atoms with Gasteiger partial charge in [-0.2, -0.15) is 0 Å². The van der Waals surface area contributed by atoms with E-state index in [1.54, 1.807) is 7.11 Å². The number of unbranched alkanes of at least 4 members (excludes halogenated alkanes) is 2. The Kier molecular flexibility index (Phi) is 6.19. The highest BCUT2D eigenvalue weighted by Crippen LogP contribution is 2.44. The van der Waals surface area contributed by atoms with Crippen LogP contribution in [0.2, 0.25) is 0 Å². The van der Waals surface area contributed by atoms with Crippen LogP contribution in [-0.2, 0) is 16.0 Å². The van der Waals surface area contributed by atoms with E-state index in [2.05, 4.69) is 23.1 Å². The van der Waals surface area contributed by atoms with E-state index >= 15 is 0 Å². The van der Waals surface area contributed by atoms with Gasteiger partial charge in [0.05, 0.1) is 7.11 Å². The maximum absolute atomic E-state index is 12.3. The zero-order chi connectivity index (χ0) is 21.3. The highest BCUT2D eigenvalue weighted by Gasteiger charge is 2.39. The molecule has 2 amide bonds. The van der Waals surface area contributed by atoms with Crippen molar-refractivity contribution in [2.45, 2.75) is 77.2 Å². The molecule has 0 bridgehead atoms. The molecular formula is C25H36N2O3. The topological polar surface area (TPSA) is 49.9 Å². The summed E-state index contributed by atoms with van der Waals surface area (Å²) < 4.78 is 5.59. The first-order valence-electron chi connectivity index (χ1n) is 11.6. The molecule has 0 radical (unpaired) electrons. The van der Waals surface area contributed by atoms with Crippen molar-refractivity contribution in [1.29, 1.82) is 0 Å². The maximum Gasteiger partial charge on any atom is 0.229 e. The van der Waals surface area contributed by atoms with Gasteiger partial charge in [0.25, 0.3) is 0 Å². The molecule has 30 heavy (non-hydrogen) atoms. The van der Waals surface area contributed by atoms with Crippen molar-refractivity contribution in [3.8, 4) is 5.75 Å². The first kappa shape index (κ1) is 21.4. The van der Waals surface area contributed by atoms with Crippen LogP contribution in [0.25, 0.3) is 0 Å². The Balaban J connectivity index is 1.23. The van der Waals surface area contributed by atoms with Gasteiger partial charge in [-0.15, -0.1) is 0 Å². The lowest BCUT2D eigenvalue weighted by atomic mass is 9.79. The number of likely N-dealkylation sites (tertiary alicyclic amines) is 2. The first-order valence-corrected chi connectivity index (χ1v) is 11.6. The molecule has 0 saturated carbocycles. The monoisotopic (exact) mass is 412 g/mol. The summed E-state index contributed by atoms with van der Waals surface area (Å²) in [7, 11) is 1.77. The number of hydrogen-bond donors (Lipinski definition) is 0. The zero-order valence-corrected chi connectivity index (χ0v) is 18.8. The number of nitrogens with zero attached hydrogens (tertiary/aromatic N) is 2. The fourth-order valence-corrected chi connectivity index (χ4v) is 5.84. The lowest BCUT2D eigenvalue weighted by Crippen LogP contribution is -2.46. The molecular weight excluding hydrogens is 376 g/mol. The summed E-state index contributed by atoms with van der Waals surface area (Å²) in [6, 6.07) is 7.17. The van der Waals surface area contributed by atoms with E-state index in [-0.39, 0.29) is 17.2 Å². The Morgan fingerprint density at radius 1 is 1.03 bits per heavy atom. The Morgan fingerprint density at radius 3 is 2.50 bits per heavy atom. The van der Waals surface area contributed by atoms with E-state index in [0.29, 0.717) is 31.3 Å². The van der Waals surface area contributed by atoms with E-state index in [9.17, 15) is 9.59 Å². The second-order valence-corrected chi connectivity index (χ2v) is 10.1. The van der Waals surface area contributed by atoms with Crippen LogP contribution >= 0.6 is 0 Å². The van der Waals surface area contributed by atoms with Gasteiger partial charge in [-0.25, -0.2) is 0 Å². The second kappa shape index (κ2) is 8.70. The van der Waals surface area contributed by atoms with Gasteiger partial charge < -0.3 is 4.74 Å². The minimum Gasteiger partial charge on any atom is -0.496 e. The summed E-state index contributed by atoms with van der Waals surface area (Å²) in [4.78, 5) is 28.7. The summed E-state index contributed by atoms with van der Waals surface area (Å²) in [6.07, 6.45) is 7.65. The molecule has 2 unspecified atom stereocenters. The molecule has 5 nitrogen and oxygen atoms in total. The Labute approximate surface area is 180 Å². The van der Waals surface area contributed by atoms with E-state index in [0.717, 1.165) is 38.0 Å². The normalized spacial score (nSPS) is 25.9. The fraction of sp³-hybridized carbons (Fsp3) is 0.680. The lowest BCUT2D eigenvalue weighted by Gasteiger charge is -2.35. The predicted molar refractivity (Wildman–Crippen MR) is 118 cm³/mol. The molecule has 164 valence electrons. The largest absolute Gasteiger partial charge is 0.496 e. The Morgan fingerprint density at radius 2 is 1.77 bits per heavy atom. The predicted octanol–water partition coefficient (Wildman–Crippen LogP) is 4.14. The van der Waals surface area contributed by atoms with Crippen LogP contribution < -0.4 is 4.74 Å². The third-order valence-electron chi connectivity index (χ3n) is 7.33. The molecule has 1 aromatic carbocycles. The number of ether oxygens (including phenoxy) is 1. The van der Waals surface area contributed by atoms with E-state index in [1.165, 1.54) is 35.4 Å². The van der Waals surface area contributed by atoms with Crippen molar-refractivity contribution in [3.63, 3.8) is 0 Å². The zero-order valence-electron chi connectivity index (χ0n) is 18.8. The number of methoxy groups -OCH3 is 1. The van der Waals surface area contributed by atoms with Gasteiger partial charge in [-0.3, -0.25) is 19.4 Å². The summed E-state index contributed by atoms with van der Waals surface area (Å²) >= 11 is 0. The van der Waals surface area contributed by atoms with Gasteiger partial charge in [0.2, 0.25) is 11.8 Å². The summed E-state index contributed by atoms with van der Waals surface area (Å²) in [6.45, 7) is 6.89. The van der Waals surface area contributed by atoms with E-state index in [4.69, 9.17) is 4.74 Å². The number of fused-ring (bicyclic) bond motifs is 3. The second-order valence-electron chi connectivity index (χ2n) is 10.1. The number of piperidine rings is 1. The van der Waals surface area contributed by atoms with E-state index < -0.39 is 0 Å². The fourth-order valence-electron chi connectivity index (χ4n) is 5.84. The number of hydrogen-bond acceptors (Lipinski definition) is 4. The standard InChI is InChI=1S/C25H36N2O3/c1-25(2)16-23(28)27(24(29)17-25)14-6-4-5-13-26-15-12-19-18-8-7-9-22(30-3)20(18)10-11-21(19)26/h7-9,19,21H,4-6,10-17H2,1-3H3. The summed E-state index contributed by atoms with van der Waals surface area (Å²) in [5, 5.41) is 0. The van der Waals surface area contributed by atoms with Crippen molar-refractivity contribution < 1.29 is 14.3 Å². The molecule has 2 aliphatic heterocycles. The molecule has 0 spiro atoms. The van der Waals surface area contributed by atoms with Crippen LogP contribution in [0.3, 0.4) is 0 Å². The van der Waals surface area contributed by atoms with Crippen LogP contribution in [0.1, 0.15) is 75.8 Å². The molecule has 4 rings (SSSR count). The van der Waals surface area contributed by atoms with Crippen LogP contribution in [0.5, 0.6) is 5.75 Å². The van der Waals surface area contributed by atoms with Gasteiger partial charge in [-0.1, -0.05) is 32.4 Å². The van der Waals surface area contributed by atoms with Crippen molar-refractivity contribution in [3.05, 3.63) is 29.3 Å². The average molecular weight is 413 g/mol. The third-order valence-corrected chi connectivity index (χ3v) is 7.33. The number of amides is 2. The number of carbonyl (C=O) groups excluding carboxylic acids is 2. The molecule has 5 heteroatoms. The minimum atomic E-state index is -0.181. The van der Waals surface area contributed by atoms with Crippen molar-refractivity contribution in [2.75, 3.05) is 26.7 Å². The highest BCUT2D eigenvalue weighted by molar-refractivity contribution is 5.98. The van der Waals surface area contributed by atoms with Gasteiger partial charge in [0, 0.05) is 31.3 Å². The molecule has 1 aromatic rings.